The number of hydrogen-bond acceptors (Lipinski definition) is 6. The Kier molecular flexibility index (Phi) is 8.24. The maximum absolute atomic E-state index is 13.7. The summed E-state index contributed by atoms with van der Waals surface area (Å²) in [4.78, 5) is 13.0. The number of methoxy groups -OCH3 is 3. The lowest BCUT2D eigenvalue weighted by molar-refractivity contribution is -0.120. The van der Waals surface area contributed by atoms with Crippen LogP contribution in [0.25, 0.3) is 0 Å². The molecule has 0 radical (unpaired) electrons. The molecule has 3 aromatic rings. The van der Waals surface area contributed by atoms with Crippen molar-refractivity contribution in [3.8, 4) is 17.2 Å². The number of carbonyl (C=O) groups is 1. The lowest BCUT2D eigenvalue weighted by Gasteiger charge is -2.26. The Balaban J connectivity index is 1.94. The summed E-state index contributed by atoms with van der Waals surface area (Å²) in [6.45, 7) is 3.30. The third kappa shape index (κ3) is 5.86. The minimum absolute atomic E-state index is 0.0266. The van der Waals surface area contributed by atoms with Crippen molar-refractivity contribution in [2.24, 2.45) is 0 Å². The Morgan fingerprint density at radius 3 is 2.14 bits per heavy atom. The van der Waals surface area contributed by atoms with Crippen LogP contribution in [0.4, 0.5) is 5.69 Å². The average molecular weight is 499 g/mol. The molecule has 0 heterocycles. The van der Waals surface area contributed by atoms with Crippen LogP contribution in [0.1, 0.15) is 24.1 Å². The summed E-state index contributed by atoms with van der Waals surface area (Å²) in [6, 6.07) is 18.2. The Morgan fingerprint density at radius 2 is 1.51 bits per heavy atom. The van der Waals surface area contributed by atoms with Crippen LogP contribution in [0.2, 0.25) is 0 Å². The molecule has 9 heteroatoms. The third-order valence-corrected chi connectivity index (χ3v) is 7.30. The molecule has 0 saturated carbocycles. The van der Waals surface area contributed by atoms with Crippen LogP contribution in [-0.2, 0) is 14.8 Å². The maximum atomic E-state index is 13.7. The molecule has 8 nitrogen and oxygen atoms in total. The number of nitrogens with one attached hydrogen (secondary N) is 1. The van der Waals surface area contributed by atoms with Crippen LogP contribution in [0.15, 0.2) is 71.6 Å². The van der Waals surface area contributed by atoms with E-state index in [9.17, 15) is 13.2 Å². The van der Waals surface area contributed by atoms with Crippen molar-refractivity contribution in [2.75, 3.05) is 32.2 Å². The number of sulfonamides is 1. The van der Waals surface area contributed by atoms with Gasteiger partial charge < -0.3 is 19.5 Å². The first-order chi connectivity index (χ1) is 16.7. The van der Waals surface area contributed by atoms with E-state index in [1.807, 2.05) is 32.0 Å². The summed E-state index contributed by atoms with van der Waals surface area (Å²) in [7, 11) is 0.336. The molecular formula is C26H30N2O6S. The van der Waals surface area contributed by atoms with E-state index >= 15 is 0 Å². The molecule has 186 valence electrons. The van der Waals surface area contributed by atoms with Crippen LogP contribution < -0.4 is 23.8 Å². The standard InChI is InChI=1S/C26H30N2O6S/c1-18-10-12-20(13-11-18)28(35(30,31)21-14-15-24(33-4)25(16-21)34-5)17-26(29)27-19(2)22-8-6-7-9-23(22)32-3/h6-16,19H,17H2,1-5H3,(H,27,29)/t19-/m1/s1. The van der Waals surface area contributed by atoms with Gasteiger partial charge in [0.15, 0.2) is 11.5 Å². The van der Waals surface area contributed by atoms with E-state index in [4.69, 9.17) is 14.2 Å². The Bertz CT molecular complexity index is 1280. The lowest BCUT2D eigenvalue weighted by atomic mass is 10.1. The normalized spacial score (nSPS) is 11.9. The number of rotatable bonds is 10. The summed E-state index contributed by atoms with van der Waals surface area (Å²) in [5.41, 5.74) is 2.12. The van der Waals surface area contributed by atoms with Crippen LogP contribution in [0.3, 0.4) is 0 Å². The van der Waals surface area contributed by atoms with Crippen LogP contribution in [0.5, 0.6) is 17.2 Å². The molecule has 3 aromatic carbocycles. The first-order valence-corrected chi connectivity index (χ1v) is 12.4. The fourth-order valence-corrected chi connectivity index (χ4v) is 5.09. The van der Waals surface area contributed by atoms with E-state index in [1.165, 1.54) is 32.4 Å². The van der Waals surface area contributed by atoms with Crippen LogP contribution in [0, 0.1) is 6.92 Å². The quantitative estimate of drug-likeness (QED) is 0.452. The van der Waals surface area contributed by atoms with E-state index in [0.29, 0.717) is 17.2 Å². The highest BCUT2D eigenvalue weighted by atomic mass is 32.2. The number of aryl methyl sites for hydroxylation is 1. The maximum Gasteiger partial charge on any atom is 0.264 e. The number of ether oxygens (including phenoxy) is 3. The zero-order chi connectivity index (χ0) is 25.6. The molecule has 0 unspecified atom stereocenters. The molecule has 0 spiro atoms. The summed E-state index contributed by atoms with van der Waals surface area (Å²) >= 11 is 0. The molecule has 3 rings (SSSR count). The zero-order valence-corrected chi connectivity index (χ0v) is 21.3. The van der Waals surface area contributed by atoms with Crippen molar-refractivity contribution < 1.29 is 27.4 Å². The monoisotopic (exact) mass is 498 g/mol. The Morgan fingerprint density at radius 1 is 0.886 bits per heavy atom. The fraction of sp³-hybridized carbons (Fsp3) is 0.269. The highest BCUT2D eigenvalue weighted by Gasteiger charge is 2.29. The predicted octanol–water partition coefficient (Wildman–Crippen LogP) is 4.09. The molecule has 1 N–H and O–H groups in total. The van der Waals surface area contributed by atoms with Gasteiger partial charge in [0.25, 0.3) is 10.0 Å². The van der Waals surface area contributed by atoms with Crippen molar-refractivity contribution in [1.29, 1.82) is 0 Å². The number of amides is 1. The summed E-state index contributed by atoms with van der Waals surface area (Å²) in [5.74, 6) is 0.838. The molecule has 1 amide bonds. The highest BCUT2D eigenvalue weighted by Crippen LogP contribution is 2.32. The van der Waals surface area contributed by atoms with Crippen molar-refractivity contribution in [2.45, 2.75) is 24.8 Å². The van der Waals surface area contributed by atoms with Gasteiger partial charge in [-0.15, -0.1) is 0 Å². The zero-order valence-electron chi connectivity index (χ0n) is 20.4. The molecular weight excluding hydrogens is 468 g/mol. The molecule has 0 aliphatic heterocycles. The number of anilines is 1. The molecule has 0 aromatic heterocycles. The van der Waals surface area contributed by atoms with E-state index < -0.39 is 28.5 Å². The molecule has 0 bridgehead atoms. The van der Waals surface area contributed by atoms with Crippen molar-refractivity contribution in [3.63, 3.8) is 0 Å². The van der Waals surface area contributed by atoms with Gasteiger partial charge in [-0.25, -0.2) is 8.42 Å². The first kappa shape index (κ1) is 25.9. The van der Waals surface area contributed by atoms with E-state index in [0.717, 1.165) is 15.4 Å². The van der Waals surface area contributed by atoms with Gasteiger partial charge in [0.2, 0.25) is 5.91 Å². The number of nitrogens with zero attached hydrogens (tertiary/aromatic N) is 1. The van der Waals surface area contributed by atoms with Crippen LogP contribution >= 0.6 is 0 Å². The fourth-order valence-electron chi connectivity index (χ4n) is 3.65. The average Bonchev–Trinajstić information content (AvgIpc) is 2.87. The molecule has 35 heavy (non-hydrogen) atoms. The minimum atomic E-state index is -4.12. The van der Waals surface area contributed by atoms with Gasteiger partial charge in [-0.3, -0.25) is 9.10 Å². The highest BCUT2D eigenvalue weighted by molar-refractivity contribution is 7.92. The second-order valence-electron chi connectivity index (χ2n) is 7.90. The SMILES string of the molecule is COc1ccc(S(=O)(=O)N(CC(=O)N[C@H](C)c2ccccc2OC)c2ccc(C)cc2)cc1OC. The summed E-state index contributed by atoms with van der Waals surface area (Å²) in [6.07, 6.45) is 0. The van der Waals surface area contributed by atoms with Gasteiger partial charge in [0.1, 0.15) is 12.3 Å². The second kappa shape index (κ2) is 11.1. The molecule has 0 fully saturated rings. The summed E-state index contributed by atoms with van der Waals surface area (Å²) < 4.78 is 44.4. The van der Waals surface area contributed by atoms with Gasteiger partial charge in [0, 0.05) is 11.6 Å². The predicted molar refractivity (Wildman–Crippen MR) is 135 cm³/mol. The first-order valence-electron chi connectivity index (χ1n) is 10.9. The lowest BCUT2D eigenvalue weighted by Crippen LogP contribution is -2.41. The van der Waals surface area contributed by atoms with E-state index in [-0.39, 0.29) is 10.6 Å². The van der Waals surface area contributed by atoms with E-state index in [1.54, 1.807) is 37.4 Å². The van der Waals surface area contributed by atoms with Crippen molar-refractivity contribution >= 4 is 21.6 Å². The van der Waals surface area contributed by atoms with Crippen LogP contribution in [-0.4, -0.2) is 42.2 Å². The minimum Gasteiger partial charge on any atom is -0.496 e. The number of carbonyl (C=O) groups excluding carboxylic acids is 1. The molecule has 0 aliphatic rings. The largest absolute Gasteiger partial charge is 0.496 e. The third-order valence-electron chi connectivity index (χ3n) is 5.54. The Hall–Kier alpha value is -3.72. The van der Waals surface area contributed by atoms with Crippen molar-refractivity contribution in [3.05, 3.63) is 77.9 Å². The van der Waals surface area contributed by atoms with Gasteiger partial charge >= 0.3 is 0 Å². The second-order valence-corrected chi connectivity index (χ2v) is 9.76. The van der Waals surface area contributed by atoms with Gasteiger partial charge in [-0.2, -0.15) is 0 Å². The molecule has 0 aliphatic carbocycles. The summed E-state index contributed by atoms with van der Waals surface area (Å²) in [5, 5.41) is 2.88. The van der Waals surface area contributed by atoms with Gasteiger partial charge in [-0.05, 0) is 44.2 Å². The van der Waals surface area contributed by atoms with E-state index in [2.05, 4.69) is 5.32 Å². The molecule has 0 saturated heterocycles. The van der Waals surface area contributed by atoms with Gasteiger partial charge in [0.05, 0.1) is 38.0 Å². The smallest absolute Gasteiger partial charge is 0.264 e. The number of benzene rings is 3. The topological polar surface area (TPSA) is 94.2 Å². The van der Waals surface area contributed by atoms with Crippen molar-refractivity contribution in [1.82, 2.24) is 5.32 Å². The molecule has 1 atom stereocenters. The Labute approximate surface area is 206 Å². The number of para-hydroxylation sites is 1. The number of hydrogen-bond donors (Lipinski definition) is 1. The van der Waals surface area contributed by atoms with Gasteiger partial charge in [-0.1, -0.05) is 35.9 Å².